The lowest BCUT2D eigenvalue weighted by Gasteiger charge is -1.99. The highest BCUT2D eigenvalue weighted by molar-refractivity contribution is 5.99. The van der Waals surface area contributed by atoms with Gasteiger partial charge in [-0.3, -0.25) is 9.89 Å². The Hall–Kier alpha value is -1.58. The number of amides is 1. The number of rotatable bonds is 2. The van der Waals surface area contributed by atoms with Gasteiger partial charge in [-0.05, 0) is 19.9 Å². The molecule has 0 aliphatic rings. The van der Waals surface area contributed by atoms with E-state index in [1.54, 1.807) is 0 Å². The van der Waals surface area contributed by atoms with E-state index in [0.29, 0.717) is 0 Å². The van der Waals surface area contributed by atoms with Gasteiger partial charge in [0.1, 0.15) is 0 Å². The molecule has 2 N–H and O–H groups in total. The molecule has 0 aromatic carbocycles. The monoisotopic (exact) mass is 165 g/mol. The summed E-state index contributed by atoms with van der Waals surface area (Å²) >= 11 is 0. The summed E-state index contributed by atoms with van der Waals surface area (Å²) in [7, 11) is 0. The average Bonchev–Trinajstić information content (AvgIpc) is 2.35. The van der Waals surface area contributed by atoms with E-state index in [4.69, 9.17) is 0 Å². The minimum absolute atomic E-state index is 0.220. The summed E-state index contributed by atoms with van der Waals surface area (Å²) in [5.74, 6) is -0.220. The van der Waals surface area contributed by atoms with E-state index in [1.165, 1.54) is 6.08 Å². The molecular formula is C8H11N3O. The van der Waals surface area contributed by atoms with Gasteiger partial charge < -0.3 is 5.32 Å². The second-order valence-corrected chi connectivity index (χ2v) is 2.50. The summed E-state index contributed by atoms with van der Waals surface area (Å²) in [6, 6.07) is 0. The maximum absolute atomic E-state index is 10.9. The van der Waals surface area contributed by atoms with Crippen LogP contribution in [0.25, 0.3) is 0 Å². The number of carbonyl (C=O) groups excluding carboxylic acids is 1. The summed E-state index contributed by atoms with van der Waals surface area (Å²) in [4.78, 5) is 10.9. The molecule has 1 aromatic heterocycles. The predicted molar refractivity (Wildman–Crippen MR) is 46.9 cm³/mol. The molecule has 0 aliphatic carbocycles. The van der Waals surface area contributed by atoms with E-state index in [9.17, 15) is 4.79 Å². The third kappa shape index (κ3) is 1.53. The Balaban J connectivity index is 2.87. The first-order chi connectivity index (χ1) is 5.65. The zero-order valence-electron chi connectivity index (χ0n) is 7.14. The molecule has 0 radical (unpaired) electrons. The largest absolute Gasteiger partial charge is 0.319 e. The van der Waals surface area contributed by atoms with Crippen LogP contribution in [0.5, 0.6) is 0 Å². The molecule has 4 heteroatoms. The summed E-state index contributed by atoms with van der Waals surface area (Å²) in [5.41, 5.74) is 2.37. The number of nitrogens with zero attached hydrogens (tertiary/aromatic N) is 1. The first-order valence-corrected chi connectivity index (χ1v) is 3.60. The van der Waals surface area contributed by atoms with Crippen molar-refractivity contribution in [1.82, 2.24) is 10.2 Å². The zero-order valence-corrected chi connectivity index (χ0v) is 7.14. The summed E-state index contributed by atoms with van der Waals surface area (Å²) in [6.07, 6.45) is 1.23. The van der Waals surface area contributed by atoms with E-state index >= 15 is 0 Å². The second-order valence-electron chi connectivity index (χ2n) is 2.50. The summed E-state index contributed by atoms with van der Waals surface area (Å²) in [5, 5.41) is 9.35. The molecule has 1 aromatic rings. The van der Waals surface area contributed by atoms with Gasteiger partial charge in [-0.1, -0.05) is 6.58 Å². The lowest BCUT2D eigenvalue weighted by molar-refractivity contribution is -0.111. The van der Waals surface area contributed by atoms with Crippen LogP contribution in [0.4, 0.5) is 5.69 Å². The van der Waals surface area contributed by atoms with Gasteiger partial charge in [-0.2, -0.15) is 5.10 Å². The van der Waals surface area contributed by atoms with Gasteiger partial charge in [0.25, 0.3) is 0 Å². The molecule has 12 heavy (non-hydrogen) atoms. The van der Waals surface area contributed by atoms with Crippen molar-refractivity contribution < 1.29 is 4.79 Å². The SMILES string of the molecule is C=CC(=O)Nc1c(C)n[nH]c1C. The van der Waals surface area contributed by atoms with E-state index < -0.39 is 0 Å². The van der Waals surface area contributed by atoms with Crippen molar-refractivity contribution in [3.8, 4) is 0 Å². The molecule has 0 unspecified atom stereocenters. The highest BCUT2D eigenvalue weighted by Gasteiger charge is 2.06. The van der Waals surface area contributed by atoms with Crippen LogP contribution in [0.1, 0.15) is 11.4 Å². The molecule has 0 atom stereocenters. The van der Waals surface area contributed by atoms with Gasteiger partial charge in [0.05, 0.1) is 17.1 Å². The van der Waals surface area contributed by atoms with Gasteiger partial charge in [0, 0.05) is 0 Å². The minimum Gasteiger partial charge on any atom is -0.319 e. The quantitative estimate of drug-likeness (QED) is 0.646. The van der Waals surface area contributed by atoms with Crippen molar-refractivity contribution in [3.05, 3.63) is 24.0 Å². The van der Waals surface area contributed by atoms with E-state index in [1.807, 2.05) is 13.8 Å². The van der Waals surface area contributed by atoms with E-state index in [-0.39, 0.29) is 5.91 Å². The van der Waals surface area contributed by atoms with Crippen LogP contribution in [0.2, 0.25) is 0 Å². The van der Waals surface area contributed by atoms with Gasteiger partial charge in [-0.25, -0.2) is 0 Å². The fourth-order valence-electron chi connectivity index (χ4n) is 0.909. The van der Waals surface area contributed by atoms with Crippen LogP contribution in [-0.2, 0) is 4.79 Å². The Morgan fingerprint density at radius 1 is 1.67 bits per heavy atom. The third-order valence-electron chi connectivity index (χ3n) is 1.56. The van der Waals surface area contributed by atoms with Gasteiger partial charge >= 0.3 is 0 Å². The van der Waals surface area contributed by atoms with Crippen LogP contribution in [0.3, 0.4) is 0 Å². The van der Waals surface area contributed by atoms with Gasteiger partial charge in [0.2, 0.25) is 5.91 Å². The maximum atomic E-state index is 10.9. The average molecular weight is 165 g/mol. The van der Waals surface area contributed by atoms with Crippen molar-refractivity contribution in [2.45, 2.75) is 13.8 Å². The molecule has 1 heterocycles. The molecule has 0 spiro atoms. The molecule has 0 aliphatic heterocycles. The van der Waals surface area contributed by atoms with E-state index in [2.05, 4.69) is 22.1 Å². The maximum Gasteiger partial charge on any atom is 0.247 e. The molecule has 0 bridgehead atoms. The summed E-state index contributed by atoms with van der Waals surface area (Å²) in [6.45, 7) is 7.03. The molecule has 64 valence electrons. The lowest BCUT2D eigenvalue weighted by Crippen LogP contribution is -2.08. The van der Waals surface area contributed by atoms with Gasteiger partial charge in [0.15, 0.2) is 0 Å². The Labute approximate surface area is 70.7 Å². The number of hydrogen-bond acceptors (Lipinski definition) is 2. The first kappa shape index (κ1) is 8.52. The fourth-order valence-corrected chi connectivity index (χ4v) is 0.909. The van der Waals surface area contributed by atoms with Gasteiger partial charge in [-0.15, -0.1) is 0 Å². The highest BCUT2D eigenvalue weighted by atomic mass is 16.1. The number of nitrogens with one attached hydrogen (secondary N) is 2. The van der Waals surface area contributed by atoms with Crippen LogP contribution in [-0.4, -0.2) is 16.1 Å². The minimum atomic E-state index is -0.220. The number of carbonyl (C=O) groups is 1. The molecule has 1 rings (SSSR count). The molecule has 4 nitrogen and oxygen atoms in total. The van der Waals surface area contributed by atoms with Crippen molar-refractivity contribution in [3.63, 3.8) is 0 Å². The number of aromatic amines is 1. The number of anilines is 1. The van der Waals surface area contributed by atoms with Crippen molar-refractivity contribution >= 4 is 11.6 Å². The van der Waals surface area contributed by atoms with Crippen molar-refractivity contribution in [2.75, 3.05) is 5.32 Å². The van der Waals surface area contributed by atoms with Crippen molar-refractivity contribution in [2.24, 2.45) is 0 Å². The number of hydrogen-bond donors (Lipinski definition) is 2. The zero-order chi connectivity index (χ0) is 9.14. The highest BCUT2D eigenvalue weighted by Crippen LogP contribution is 2.15. The summed E-state index contributed by atoms with van der Waals surface area (Å²) < 4.78 is 0. The lowest BCUT2D eigenvalue weighted by atomic mass is 10.3. The van der Waals surface area contributed by atoms with Crippen molar-refractivity contribution in [1.29, 1.82) is 0 Å². The topological polar surface area (TPSA) is 57.8 Å². The fraction of sp³-hybridized carbons (Fsp3) is 0.250. The predicted octanol–water partition coefficient (Wildman–Crippen LogP) is 1.15. The van der Waals surface area contributed by atoms with Crippen LogP contribution in [0.15, 0.2) is 12.7 Å². The number of aromatic nitrogens is 2. The second kappa shape index (κ2) is 3.21. The standard InChI is InChI=1S/C8H11N3O/c1-4-7(12)9-8-5(2)10-11-6(8)3/h4H,1H2,2-3H3,(H,9,12)(H,10,11). The molecule has 0 saturated heterocycles. The Morgan fingerprint density at radius 3 is 2.75 bits per heavy atom. The Morgan fingerprint density at radius 2 is 2.33 bits per heavy atom. The normalized spacial score (nSPS) is 9.50. The molecule has 0 fully saturated rings. The van der Waals surface area contributed by atoms with E-state index in [0.717, 1.165) is 17.1 Å². The number of H-pyrrole nitrogens is 1. The third-order valence-corrected chi connectivity index (χ3v) is 1.56. The molecule has 0 saturated carbocycles. The smallest absolute Gasteiger partial charge is 0.247 e. The van der Waals surface area contributed by atoms with Crippen LogP contribution < -0.4 is 5.32 Å². The van der Waals surface area contributed by atoms with Crippen LogP contribution >= 0.6 is 0 Å². The first-order valence-electron chi connectivity index (χ1n) is 3.60. The number of aryl methyl sites for hydroxylation is 2. The Kier molecular flexibility index (Phi) is 2.28. The Bertz CT molecular complexity index is 295. The van der Waals surface area contributed by atoms with Crippen LogP contribution in [0, 0.1) is 13.8 Å². The molecular weight excluding hydrogens is 154 g/mol. The molecule has 1 amide bonds.